The molecule has 0 saturated carbocycles. The molecule has 1 aliphatic heterocycles. The molecule has 0 fully saturated rings. The Morgan fingerprint density at radius 1 is 1.17 bits per heavy atom. The van der Waals surface area contributed by atoms with E-state index < -0.39 is 52.8 Å². The molecule has 2 heterocycles. The summed E-state index contributed by atoms with van der Waals surface area (Å²) in [6.45, 7) is 1.50. The number of carbonyl (C=O) groups is 2. The number of benzene rings is 1. The number of rotatable bonds is 3. The van der Waals surface area contributed by atoms with Gasteiger partial charge in [-0.25, -0.2) is 4.39 Å². The van der Waals surface area contributed by atoms with Crippen molar-refractivity contribution in [3.63, 3.8) is 0 Å². The van der Waals surface area contributed by atoms with E-state index in [1.807, 2.05) is 0 Å². The molecule has 152 valence electrons. The lowest BCUT2D eigenvalue weighted by Gasteiger charge is -2.31. The Bertz CT molecular complexity index is 970. The summed E-state index contributed by atoms with van der Waals surface area (Å²) >= 11 is 0. The zero-order valence-electron chi connectivity index (χ0n) is 14.9. The highest BCUT2D eigenvalue weighted by molar-refractivity contribution is 6.23. The van der Waals surface area contributed by atoms with Crippen LogP contribution in [0.25, 0.3) is 0 Å². The number of nitrogens with one attached hydrogen (secondary N) is 2. The van der Waals surface area contributed by atoms with Gasteiger partial charge in [0.25, 0.3) is 11.8 Å². The second kappa shape index (κ2) is 7.53. The second-order valence-corrected chi connectivity index (χ2v) is 6.44. The lowest BCUT2D eigenvalue weighted by atomic mass is 9.87. The average Bonchev–Trinajstić information content (AvgIpc) is 2.66. The number of nitrogens with zero attached hydrogens (tertiary/aromatic N) is 1. The van der Waals surface area contributed by atoms with Crippen molar-refractivity contribution in [3.8, 4) is 0 Å². The Kier molecular flexibility index (Phi) is 5.27. The number of hydrogen-bond donors (Lipinski definition) is 3. The Morgan fingerprint density at radius 3 is 2.38 bits per heavy atom. The molecule has 1 aromatic heterocycles. The Labute approximate surface area is 162 Å². The number of anilines is 1. The van der Waals surface area contributed by atoms with Gasteiger partial charge >= 0.3 is 6.18 Å². The van der Waals surface area contributed by atoms with Gasteiger partial charge in [0.15, 0.2) is 0 Å². The maximum absolute atomic E-state index is 13.0. The summed E-state index contributed by atoms with van der Waals surface area (Å²) in [5.41, 5.74) is -1.16. The summed E-state index contributed by atoms with van der Waals surface area (Å²) in [5.74, 6) is -3.63. The second-order valence-electron chi connectivity index (χ2n) is 6.44. The van der Waals surface area contributed by atoms with Gasteiger partial charge in [-0.2, -0.15) is 13.2 Å². The zero-order valence-corrected chi connectivity index (χ0v) is 14.9. The van der Waals surface area contributed by atoms with Crippen LogP contribution in [0.5, 0.6) is 0 Å². The molecule has 2 aromatic rings. The normalized spacial score (nSPS) is 19.7. The van der Waals surface area contributed by atoms with Crippen LogP contribution >= 0.6 is 0 Å². The van der Waals surface area contributed by atoms with Crippen LogP contribution in [-0.2, 0) is 15.8 Å². The minimum atomic E-state index is -4.60. The molecule has 10 heteroatoms. The first-order valence-electron chi connectivity index (χ1n) is 8.42. The molecule has 3 N–H and O–H groups in total. The fraction of sp³-hybridized carbons (Fsp3) is 0.211. The summed E-state index contributed by atoms with van der Waals surface area (Å²) in [6.07, 6.45) is -3.64. The number of alkyl halides is 3. The van der Waals surface area contributed by atoms with Crippen LogP contribution < -0.4 is 10.6 Å². The van der Waals surface area contributed by atoms with Crippen molar-refractivity contribution in [1.29, 1.82) is 0 Å². The molecule has 0 spiro atoms. The van der Waals surface area contributed by atoms with Crippen LogP contribution in [0.1, 0.15) is 24.2 Å². The van der Waals surface area contributed by atoms with E-state index >= 15 is 0 Å². The van der Waals surface area contributed by atoms with Crippen LogP contribution in [0.2, 0.25) is 0 Å². The van der Waals surface area contributed by atoms with E-state index in [1.54, 1.807) is 0 Å². The first kappa shape index (κ1) is 20.3. The zero-order chi connectivity index (χ0) is 21.3. The van der Waals surface area contributed by atoms with Gasteiger partial charge in [0.05, 0.1) is 6.04 Å². The lowest BCUT2D eigenvalue weighted by Crippen LogP contribution is -2.43. The van der Waals surface area contributed by atoms with Crippen molar-refractivity contribution in [2.75, 3.05) is 5.32 Å². The number of aliphatic hydroxyl groups is 1. The number of amides is 2. The SMILES string of the molecule is CC1C(O)=C(C(=O)Nc2ccc(F)cc2)C(=O)NC1c1ccc(C(F)(F)F)nc1. The number of halogens is 4. The molecule has 0 saturated heterocycles. The van der Waals surface area contributed by atoms with Crippen molar-refractivity contribution in [2.45, 2.75) is 19.1 Å². The fourth-order valence-electron chi connectivity index (χ4n) is 2.92. The quantitative estimate of drug-likeness (QED) is 0.535. The van der Waals surface area contributed by atoms with Gasteiger partial charge in [0.2, 0.25) is 0 Å². The molecule has 6 nitrogen and oxygen atoms in total. The van der Waals surface area contributed by atoms with Gasteiger partial charge in [0.1, 0.15) is 22.8 Å². The first-order chi connectivity index (χ1) is 13.6. The summed E-state index contributed by atoms with van der Waals surface area (Å²) in [6, 6.07) is 5.83. The van der Waals surface area contributed by atoms with E-state index in [0.717, 1.165) is 30.5 Å². The maximum atomic E-state index is 13.0. The van der Waals surface area contributed by atoms with Gasteiger partial charge in [-0.15, -0.1) is 0 Å². The van der Waals surface area contributed by atoms with Crippen LogP contribution in [0.4, 0.5) is 23.2 Å². The van der Waals surface area contributed by atoms with Crippen LogP contribution in [0.3, 0.4) is 0 Å². The van der Waals surface area contributed by atoms with Gasteiger partial charge in [-0.05, 0) is 35.9 Å². The van der Waals surface area contributed by atoms with Crippen molar-refractivity contribution in [1.82, 2.24) is 10.3 Å². The monoisotopic (exact) mass is 409 g/mol. The molecule has 1 aromatic carbocycles. The van der Waals surface area contributed by atoms with Crippen molar-refractivity contribution < 1.29 is 32.3 Å². The van der Waals surface area contributed by atoms with E-state index in [2.05, 4.69) is 15.6 Å². The van der Waals surface area contributed by atoms with Gasteiger partial charge in [0, 0.05) is 17.8 Å². The topological polar surface area (TPSA) is 91.3 Å². The van der Waals surface area contributed by atoms with Crippen molar-refractivity contribution in [2.24, 2.45) is 5.92 Å². The Hall–Kier alpha value is -3.43. The predicted molar refractivity (Wildman–Crippen MR) is 94.0 cm³/mol. The van der Waals surface area contributed by atoms with E-state index in [0.29, 0.717) is 0 Å². The predicted octanol–water partition coefficient (Wildman–Crippen LogP) is 3.50. The molecular weight excluding hydrogens is 394 g/mol. The summed E-state index contributed by atoms with van der Waals surface area (Å²) in [7, 11) is 0. The van der Waals surface area contributed by atoms with Gasteiger partial charge in [-0.1, -0.05) is 13.0 Å². The van der Waals surface area contributed by atoms with E-state index in [9.17, 15) is 32.3 Å². The Morgan fingerprint density at radius 2 is 1.83 bits per heavy atom. The van der Waals surface area contributed by atoms with Crippen molar-refractivity contribution >= 4 is 17.5 Å². The lowest BCUT2D eigenvalue weighted by molar-refractivity contribution is -0.141. The summed E-state index contributed by atoms with van der Waals surface area (Å²) in [5, 5.41) is 15.3. The van der Waals surface area contributed by atoms with E-state index in [-0.39, 0.29) is 11.3 Å². The molecule has 29 heavy (non-hydrogen) atoms. The van der Waals surface area contributed by atoms with Gasteiger partial charge < -0.3 is 15.7 Å². The molecule has 3 rings (SSSR count). The third-order valence-corrected chi connectivity index (χ3v) is 4.47. The fourth-order valence-corrected chi connectivity index (χ4v) is 2.92. The van der Waals surface area contributed by atoms with Crippen LogP contribution in [-0.4, -0.2) is 21.9 Å². The largest absolute Gasteiger partial charge is 0.511 e. The highest BCUT2D eigenvalue weighted by atomic mass is 19.4. The number of hydrogen-bond acceptors (Lipinski definition) is 4. The highest BCUT2D eigenvalue weighted by Crippen LogP contribution is 2.34. The Balaban J connectivity index is 1.83. The number of aromatic nitrogens is 1. The molecular formula is C19H15F4N3O3. The average molecular weight is 409 g/mol. The highest BCUT2D eigenvalue weighted by Gasteiger charge is 2.38. The number of aliphatic hydroxyl groups excluding tert-OH is 1. The molecule has 2 unspecified atom stereocenters. The standard InChI is InChI=1S/C19H15F4N3O3/c1-9-15(10-2-7-13(24-8-10)19(21,22)23)26-18(29)14(16(9)27)17(28)25-12-5-3-11(20)4-6-12/h2-9,15,27H,1H3,(H,25,28)(H,26,29). The smallest absolute Gasteiger partial charge is 0.433 e. The van der Waals surface area contributed by atoms with Gasteiger partial charge in [-0.3, -0.25) is 14.6 Å². The van der Waals surface area contributed by atoms with Crippen molar-refractivity contribution in [3.05, 3.63) is 71.0 Å². The molecule has 2 atom stereocenters. The van der Waals surface area contributed by atoms with Crippen LogP contribution in [0.15, 0.2) is 53.9 Å². The minimum Gasteiger partial charge on any atom is -0.511 e. The molecule has 0 radical (unpaired) electrons. The van der Waals surface area contributed by atoms with Crippen LogP contribution in [0, 0.1) is 11.7 Å². The summed E-state index contributed by atoms with van der Waals surface area (Å²) in [4.78, 5) is 28.1. The maximum Gasteiger partial charge on any atom is 0.433 e. The summed E-state index contributed by atoms with van der Waals surface area (Å²) < 4.78 is 50.9. The van der Waals surface area contributed by atoms with E-state index in [4.69, 9.17) is 0 Å². The number of carbonyl (C=O) groups excluding carboxylic acids is 2. The molecule has 0 aliphatic carbocycles. The first-order valence-corrected chi connectivity index (χ1v) is 8.42. The third kappa shape index (κ3) is 4.20. The molecule has 0 bridgehead atoms. The van der Waals surface area contributed by atoms with E-state index in [1.165, 1.54) is 19.1 Å². The molecule has 1 aliphatic rings. The molecule has 2 amide bonds. The third-order valence-electron chi connectivity index (χ3n) is 4.47. The minimum absolute atomic E-state index is 0.214. The number of pyridine rings is 1.